The zero-order valence-electron chi connectivity index (χ0n) is 13.0. The SMILES string of the molecule is O=S(=O)(c1cccc2nsnc12)N1CCCCCC1c1cccs1. The van der Waals surface area contributed by atoms with Crippen molar-refractivity contribution >= 4 is 44.1 Å². The van der Waals surface area contributed by atoms with E-state index in [9.17, 15) is 8.42 Å². The number of thiophene rings is 1. The van der Waals surface area contributed by atoms with Crippen molar-refractivity contribution in [3.05, 3.63) is 40.6 Å². The fourth-order valence-electron chi connectivity index (χ4n) is 3.25. The van der Waals surface area contributed by atoms with Crippen LogP contribution in [-0.2, 0) is 10.0 Å². The molecule has 1 unspecified atom stereocenters. The summed E-state index contributed by atoms with van der Waals surface area (Å²) in [5.41, 5.74) is 1.13. The summed E-state index contributed by atoms with van der Waals surface area (Å²) < 4.78 is 36.9. The third-order valence-corrected chi connectivity index (χ3v) is 7.87. The van der Waals surface area contributed by atoms with Crippen molar-refractivity contribution in [3.8, 4) is 0 Å². The normalized spacial score (nSPS) is 20.2. The van der Waals surface area contributed by atoms with Crippen LogP contribution in [0, 0.1) is 0 Å². The van der Waals surface area contributed by atoms with Crippen LogP contribution >= 0.6 is 23.1 Å². The molecule has 8 heteroatoms. The van der Waals surface area contributed by atoms with Gasteiger partial charge in [0.15, 0.2) is 0 Å². The zero-order valence-corrected chi connectivity index (χ0v) is 15.4. The van der Waals surface area contributed by atoms with Gasteiger partial charge in [-0.1, -0.05) is 25.0 Å². The number of fused-ring (bicyclic) bond motifs is 1. The van der Waals surface area contributed by atoms with E-state index in [1.807, 2.05) is 17.5 Å². The predicted octanol–water partition coefficient (Wildman–Crippen LogP) is 4.06. The van der Waals surface area contributed by atoms with E-state index >= 15 is 0 Å². The Bertz CT molecular complexity index is 935. The number of benzene rings is 1. The summed E-state index contributed by atoms with van der Waals surface area (Å²) in [6.45, 7) is 0.554. The summed E-state index contributed by atoms with van der Waals surface area (Å²) in [7, 11) is -3.61. The van der Waals surface area contributed by atoms with Crippen LogP contribution < -0.4 is 0 Å². The summed E-state index contributed by atoms with van der Waals surface area (Å²) in [5, 5.41) is 2.01. The minimum Gasteiger partial charge on any atom is -0.207 e. The van der Waals surface area contributed by atoms with E-state index in [0.29, 0.717) is 17.6 Å². The van der Waals surface area contributed by atoms with Gasteiger partial charge in [0.2, 0.25) is 10.0 Å². The van der Waals surface area contributed by atoms with Crippen molar-refractivity contribution in [2.45, 2.75) is 36.6 Å². The van der Waals surface area contributed by atoms with Gasteiger partial charge >= 0.3 is 0 Å². The van der Waals surface area contributed by atoms with Gasteiger partial charge in [-0.15, -0.1) is 11.3 Å². The molecule has 1 aliphatic heterocycles. The maximum absolute atomic E-state index is 13.4. The van der Waals surface area contributed by atoms with Crippen LogP contribution in [0.1, 0.15) is 36.6 Å². The second kappa shape index (κ2) is 6.51. The quantitative estimate of drug-likeness (QED) is 0.688. The molecule has 0 bridgehead atoms. The molecule has 0 aliphatic carbocycles. The average molecular weight is 380 g/mol. The molecule has 4 rings (SSSR count). The van der Waals surface area contributed by atoms with Crippen molar-refractivity contribution in [2.24, 2.45) is 0 Å². The molecule has 1 saturated heterocycles. The number of rotatable bonds is 3. The van der Waals surface area contributed by atoms with Crippen molar-refractivity contribution in [2.75, 3.05) is 6.54 Å². The third kappa shape index (κ3) is 2.77. The first kappa shape index (κ1) is 16.1. The van der Waals surface area contributed by atoms with Gasteiger partial charge in [0, 0.05) is 11.4 Å². The van der Waals surface area contributed by atoms with E-state index in [0.717, 1.165) is 42.3 Å². The largest absolute Gasteiger partial charge is 0.245 e. The van der Waals surface area contributed by atoms with E-state index in [4.69, 9.17) is 0 Å². The molecule has 5 nitrogen and oxygen atoms in total. The van der Waals surface area contributed by atoms with Crippen LogP contribution in [0.5, 0.6) is 0 Å². The first-order valence-corrected chi connectivity index (χ1v) is 11.0. The van der Waals surface area contributed by atoms with Crippen LogP contribution in [0.2, 0.25) is 0 Å². The Labute approximate surface area is 149 Å². The fourth-order valence-corrected chi connectivity index (χ4v) is 6.62. The highest BCUT2D eigenvalue weighted by atomic mass is 32.2. The molecule has 3 aromatic rings. The van der Waals surface area contributed by atoms with Gasteiger partial charge in [-0.2, -0.15) is 13.1 Å². The second-order valence-corrected chi connectivity index (χ2v) is 9.25. The number of nitrogens with zero attached hydrogens (tertiary/aromatic N) is 3. The maximum atomic E-state index is 13.4. The standard InChI is InChI=1S/C16H17N3O2S3/c20-24(21,15-9-4-6-12-16(15)18-23-17-12)19-10-3-1-2-7-13(19)14-8-5-11-22-14/h4-6,8-9,11,13H,1-3,7,10H2. The molecule has 0 spiro atoms. The molecule has 0 N–H and O–H groups in total. The molecule has 3 heterocycles. The van der Waals surface area contributed by atoms with Gasteiger partial charge in [-0.25, -0.2) is 8.42 Å². The monoisotopic (exact) mass is 379 g/mol. The first-order valence-electron chi connectivity index (χ1n) is 7.94. The van der Waals surface area contributed by atoms with E-state index in [-0.39, 0.29) is 10.9 Å². The van der Waals surface area contributed by atoms with E-state index in [2.05, 4.69) is 8.75 Å². The third-order valence-electron chi connectivity index (χ3n) is 4.41. The Kier molecular flexibility index (Phi) is 4.38. The Morgan fingerprint density at radius 2 is 2.00 bits per heavy atom. The molecule has 1 atom stereocenters. The van der Waals surface area contributed by atoms with Crippen LogP contribution in [0.4, 0.5) is 0 Å². The zero-order chi connectivity index (χ0) is 16.6. The minimum atomic E-state index is -3.61. The van der Waals surface area contributed by atoms with Crippen molar-refractivity contribution in [3.63, 3.8) is 0 Å². The highest BCUT2D eigenvalue weighted by Crippen LogP contribution is 2.37. The number of hydrogen-bond acceptors (Lipinski definition) is 6. The van der Waals surface area contributed by atoms with E-state index in [1.54, 1.807) is 33.8 Å². The molecule has 2 aromatic heterocycles. The van der Waals surface area contributed by atoms with Crippen molar-refractivity contribution < 1.29 is 8.42 Å². The van der Waals surface area contributed by atoms with Crippen LogP contribution in [0.15, 0.2) is 40.6 Å². The smallest absolute Gasteiger partial charge is 0.207 e. The van der Waals surface area contributed by atoms with Crippen LogP contribution in [0.3, 0.4) is 0 Å². The van der Waals surface area contributed by atoms with Crippen LogP contribution in [0.25, 0.3) is 11.0 Å². The average Bonchev–Trinajstić information content (AvgIpc) is 3.21. The predicted molar refractivity (Wildman–Crippen MR) is 96.8 cm³/mol. The fraction of sp³-hybridized carbons (Fsp3) is 0.375. The highest BCUT2D eigenvalue weighted by molar-refractivity contribution is 7.89. The summed E-state index contributed by atoms with van der Waals surface area (Å²) >= 11 is 2.68. The summed E-state index contributed by atoms with van der Waals surface area (Å²) in [6.07, 6.45) is 3.88. The van der Waals surface area contributed by atoms with E-state index < -0.39 is 10.0 Å². The maximum Gasteiger partial charge on any atom is 0.245 e. The van der Waals surface area contributed by atoms with Crippen molar-refractivity contribution in [1.29, 1.82) is 0 Å². The van der Waals surface area contributed by atoms with Gasteiger partial charge in [0.1, 0.15) is 15.9 Å². The lowest BCUT2D eigenvalue weighted by Gasteiger charge is -2.28. The molecule has 126 valence electrons. The van der Waals surface area contributed by atoms with Crippen LogP contribution in [-0.4, -0.2) is 28.0 Å². The van der Waals surface area contributed by atoms with E-state index in [1.165, 1.54) is 0 Å². The molecule has 1 fully saturated rings. The minimum absolute atomic E-state index is 0.0839. The number of aromatic nitrogens is 2. The molecule has 1 aromatic carbocycles. The molecule has 0 saturated carbocycles. The van der Waals surface area contributed by atoms with Crippen molar-refractivity contribution in [1.82, 2.24) is 13.1 Å². The Hall–Kier alpha value is -1.35. The van der Waals surface area contributed by atoms with Gasteiger partial charge in [-0.05, 0) is 36.4 Å². The highest BCUT2D eigenvalue weighted by Gasteiger charge is 2.35. The Morgan fingerprint density at radius 1 is 1.08 bits per heavy atom. The van der Waals surface area contributed by atoms with Gasteiger partial charge < -0.3 is 0 Å². The number of sulfonamides is 1. The molecule has 1 aliphatic rings. The second-order valence-electron chi connectivity index (χ2n) is 5.88. The Balaban J connectivity index is 1.82. The molecule has 0 radical (unpaired) electrons. The lowest BCUT2D eigenvalue weighted by Crippen LogP contribution is -2.34. The van der Waals surface area contributed by atoms with Gasteiger partial charge in [-0.3, -0.25) is 0 Å². The lowest BCUT2D eigenvalue weighted by atomic mass is 10.1. The topological polar surface area (TPSA) is 63.2 Å². The summed E-state index contributed by atoms with van der Waals surface area (Å²) in [4.78, 5) is 1.39. The molecular formula is C16H17N3O2S3. The van der Waals surface area contributed by atoms with Gasteiger partial charge in [0.05, 0.1) is 17.8 Å². The lowest BCUT2D eigenvalue weighted by molar-refractivity contribution is 0.333. The van der Waals surface area contributed by atoms with Gasteiger partial charge in [0.25, 0.3) is 0 Å². The molecule has 24 heavy (non-hydrogen) atoms. The number of hydrogen-bond donors (Lipinski definition) is 0. The molecule has 0 amide bonds. The summed E-state index contributed by atoms with van der Waals surface area (Å²) in [5.74, 6) is 0. The summed E-state index contributed by atoms with van der Waals surface area (Å²) in [6, 6.07) is 9.13. The molecular weight excluding hydrogens is 362 g/mol. The first-order chi connectivity index (χ1) is 11.7. The Morgan fingerprint density at radius 3 is 2.83 bits per heavy atom.